The van der Waals surface area contributed by atoms with Gasteiger partial charge in [-0.2, -0.15) is 0 Å². The summed E-state index contributed by atoms with van der Waals surface area (Å²) in [4.78, 5) is 0. The zero-order valence-corrected chi connectivity index (χ0v) is 12.9. The van der Waals surface area contributed by atoms with Crippen molar-refractivity contribution in [2.75, 3.05) is 0 Å². The predicted molar refractivity (Wildman–Crippen MR) is 97.3 cm³/mol. The lowest BCUT2D eigenvalue weighted by molar-refractivity contribution is 1.02. The van der Waals surface area contributed by atoms with Crippen LogP contribution in [0.15, 0.2) is 78.9 Å². The minimum Gasteiger partial charge on any atom is -0.342 e. The van der Waals surface area contributed by atoms with E-state index >= 15 is 0 Å². The van der Waals surface area contributed by atoms with Gasteiger partial charge in [0.05, 0.1) is 22.1 Å². The Balaban J connectivity index is 2.12. The normalized spacial score (nSPS) is 11.7. The quantitative estimate of drug-likeness (QED) is 0.398. The summed E-state index contributed by atoms with van der Waals surface area (Å²) >= 11 is 0. The van der Waals surface area contributed by atoms with Crippen LogP contribution in [0.3, 0.4) is 0 Å². The minimum atomic E-state index is 1.20. The molecule has 0 bridgehead atoms. The maximum atomic E-state index is 2.38. The highest BCUT2D eigenvalue weighted by molar-refractivity contribution is 6.18. The molecule has 5 aromatic rings. The van der Waals surface area contributed by atoms with Gasteiger partial charge in [-0.15, -0.1) is 0 Å². The molecule has 0 aliphatic carbocycles. The average molecular weight is 296 g/mol. The molecule has 0 N–H and O–H groups in total. The summed E-state index contributed by atoms with van der Waals surface area (Å²) in [7, 11) is 2.16. The van der Waals surface area contributed by atoms with E-state index in [4.69, 9.17) is 0 Å². The van der Waals surface area contributed by atoms with Gasteiger partial charge in [0, 0.05) is 23.5 Å². The fourth-order valence-corrected chi connectivity index (χ4v) is 3.74. The number of nitrogens with zero attached hydrogens (tertiary/aromatic N) is 2. The van der Waals surface area contributed by atoms with Gasteiger partial charge in [-0.3, -0.25) is 0 Å². The van der Waals surface area contributed by atoms with Crippen molar-refractivity contribution < 1.29 is 0 Å². The summed E-state index contributed by atoms with van der Waals surface area (Å²) in [6, 6.07) is 27.9. The van der Waals surface area contributed by atoms with Crippen LogP contribution in [-0.4, -0.2) is 9.13 Å². The number of benzene rings is 3. The van der Waals surface area contributed by atoms with Crippen molar-refractivity contribution >= 4 is 32.8 Å². The third kappa shape index (κ3) is 1.58. The number of para-hydroxylation sites is 3. The van der Waals surface area contributed by atoms with E-state index in [0.717, 1.165) is 0 Å². The van der Waals surface area contributed by atoms with Gasteiger partial charge in [-0.25, -0.2) is 0 Å². The van der Waals surface area contributed by atoms with Gasteiger partial charge in [0.15, 0.2) is 0 Å². The molecular weight excluding hydrogens is 280 g/mol. The fraction of sp³-hybridized carbons (Fsp3) is 0.0476. The third-order valence-corrected chi connectivity index (χ3v) is 4.72. The van der Waals surface area contributed by atoms with Gasteiger partial charge in [0.25, 0.3) is 0 Å². The second-order valence-corrected chi connectivity index (χ2v) is 5.96. The molecule has 0 fully saturated rings. The van der Waals surface area contributed by atoms with Gasteiger partial charge < -0.3 is 9.13 Å². The molecular formula is C21H16N2. The third-order valence-electron chi connectivity index (χ3n) is 4.72. The Morgan fingerprint density at radius 1 is 0.565 bits per heavy atom. The Hall–Kier alpha value is -3.00. The monoisotopic (exact) mass is 296 g/mol. The summed E-state index contributed by atoms with van der Waals surface area (Å²) < 4.78 is 4.69. The summed E-state index contributed by atoms with van der Waals surface area (Å²) in [6.07, 6.45) is 0. The number of hydrogen-bond acceptors (Lipinski definition) is 0. The molecule has 0 amide bonds. The van der Waals surface area contributed by atoms with Crippen LogP contribution in [0.4, 0.5) is 0 Å². The predicted octanol–water partition coefficient (Wildman–Crippen LogP) is 5.28. The molecule has 0 aliphatic rings. The number of aryl methyl sites for hydroxylation is 1. The first-order valence-corrected chi connectivity index (χ1v) is 7.88. The minimum absolute atomic E-state index is 1.20. The lowest BCUT2D eigenvalue weighted by Crippen LogP contribution is -1.92. The van der Waals surface area contributed by atoms with Crippen LogP contribution in [-0.2, 0) is 7.05 Å². The summed E-state index contributed by atoms with van der Waals surface area (Å²) in [6.45, 7) is 0. The van der Waals surface area contributed by atoms with Gasteiger partial charge in [0.2, 0.25) is 0 Å². The van der Waals surface area contributed by atoms with E-state index in [2.05, 4.69) is 95.0 Å². The molecule has 0 aliphatic heterocycles. The standard InChI is InChI=1S/C21H16N2/c1-22-18-13-7-5-11-16(18)21-20(22)17-12-6-8-14-19(17)23(21)15-9-3-2-4-10-15/h2-14H,1H3. The van der Waals surface area contributed by atoms with E-state index in [9.17, 15) is 0 Å². The van der Waals surface area contributed by atoms with Crippen molar-refractivity contribution in [2.24, 2.45) is 7.05 Å². The highest BCUT2D eigenvalue weighted by Crippen LogP contribution is 2.37. The molecule has 110 valence electrons. The fourth-order valence-electron chi connectivity index (χ4n) is 3.74. The molecule has 2 aromatic heterocycles. The van der Waals surface area contributed by atoms with Crippen LogP contribution < -0.4 is 0 Å². The van der Waals surface area contributed by atoms with Crippen LogP contribution in [0.25, 0.3) is 38.5 Å². The van der Waals surface area contributed by atoms with Crippen LogP contribution in [0.1, 0.15) is 0 Å². The van der Waals surface area contributed by atoms with Crippen molar-refractivity contribution in [2.45, 2.75) is 0 Å². The summed E-state index contributed by atoms with van der Waals surface area (Å²) in [5.41, 5.74) is 6.31. The summed E-state index contributed by atoms with van der Waals surface area (Å²) in [5, 5.41) is 2.59. The molecule has 2 heteroatoms. The molecule has 0 unspecified atom stereocenters. The van der Waals surface area contributed by atoms with Crippen molar-refractivity contribution in [3.8, 4) is 5.69 Å². The Morgan fingerprint density at radius 2 is 1.13 bits per heavy atom. The molecule has 0 radical (unpaired) electrons. The Kier molecular flexibility index (Phi) is 2.45. The highest BCUT2D eigenvalue weighted by atomic mass is 15.0. The average Bonchev–Trinajstić information content (AvgIpc) is 3.10. The SMILES string of the molecule is Cn1c2ccccc2c2c1c1ccccc1n2-c1ccccc1. The number of hydrogen-bond donors (Lipinski definition) is 0. The van der Waals surface area contributed by atoms with E-state index in [-0.39, 0.29) is 0 Å². The maximum absolute atomic E-state index is 2.38. The van der Waals surface area contributed by atoms with E-state index in [1.165, 1.54) is 38.5 Å². The molecule has 3 aromatic carbocycles. The van der Waals surface area contributed by atoms with E-state index < -0.39 is 0 Å². The molecule has 2 heterocycles. The molecule has 0 saturated carbocycles. The topological polar surface area (TPSA) is 9.86 Å². The molecule has 5 rings (SSSR count). The second kappa shape index (κ2) is 4.50. The van der Waals surface area contributed by atoms with Crippen molar-refractivity contribution in [1.82, 2.24) is 9.13 Å². The first kappa shape index (κ1) is 12.5. The largest absolute Gasteiger partial charge is 0.342 e. The molecule has 2 nitrogen and oxygen atoms in total. The number of rotatable bonds is 1. The maximum Gasteiger partial charge on any atom is 0.0800 e. The zero-order chi connectivity index (χ0) is 15.4. The van der Waals surface area contributed by atoms with Crippen molar-refractivity contribution in [3.05, 3.63) is 78.9 Å². The zero-order valence-electron chi connectivity index (χ0n) is 12.9. The summed E-state index contributed by atoms with van der Waals surface area (Å²) in [5.74, 6) is 0. The smallest absolute Gasteiger partial charge is 0.0800 e. The Morgan fingerprint density at radius 3 is 1.87 bits per heavy atom. The van der Waals surface area contributed by atoms with Crippen LogP contribution in [0.2, 0.25) is 0 Å². The molecule has 0 saturated heterocycles. The van der Waals surface area contributed by atoms with Crippen LogP contribution >= 0.6 is 0 Å². The Labute approximate surface area is 134 Å². The first-order chi connectivity index (χ1) is 11.4. The number of fused-ring (bicyclic) bond motifs is 5. The molecule has 0 atom stereocenters. The molecule has 0 spiro atoms. The van der Waals surface area contributed by atoms with E-state index in [1.54, 1.807) is 0 Å². The lowest BCUT2D eigenvalue weighted by Gasteiger charge is -2.07. The van der Waals surface area contributed by atoms with E-state index in [0.29, 0.717) is 0 Å². The van der Waals surface area contributed by atoms with Gasteiger partial charge >= 0.3 is 0 Å². The van der Waals surface area contributed by atoms with Crippen LogP contribution in [0, 0.1) is 0 Å². The first-order valence-electron chi connectivity index (χ1n) is 7.88. The highest BCUT2D eigenvalue weighted by Gasteiger charge is 2.18. The second-order valence-electron chi connectivity index (χ2n) is 5.96. The number of aromatic nitrogens is 2. The van der Waals surface area contributed by atoms with Crippen LogP contribution in [0.5, 0.6) is 0 Å². The van der Waals surface area contributed by atoms with Gasteiger partial charge in [-0.05, 0) is 24.3 Å². The lowest BCUT2D eigenvalue weighted by atomic mass is 10.2. The van der Waals surface area contributed by atoms with Crippen molar-refractivity contribution in [3.63, 3.8) is 0 Å². The van der Waals surface area contributed by atoms with E-state index in [1.807, 2.05) is 0 Å². The Bertz CT molecular complexity index is 1150. The molecule has 23 heavy (non-hydrogen) atoms. The van der Waals surface area contributed by atoms with Gasteiger partial charge in [0.1, 0.15) is 0 Å². The van der Waals surface area contributed by atoms with Crippen molar-refractivity contribution in [1.29, 1.82) is 0 Å². The van der Waals surface area contributed by atoms with Gasteiger partial charge in [-0.1, -0.05) is 54.6 Å².